The minimum absolute atomic E-state index is 0.720. The molecular weight excluding hydrogens is 363 g/mol. The molecule has 2 aromatic rings. The lowest BCUT2D eigenvalue weighted by Crippen LogP contribution is -2.22. The van der Waals surface area contributed by atoms with Gasteiger partial charge >= 0.3 is 0 Å². The molecule has 1 aromatic heterocycles. The Kier molecular flexibility index (Phi) is 5.91. The van der Waals surface area contributed by atoms with Gasteiger partial charge in [0.15, 0.2) is 3.77 Å². The second kappa shape index (κ2) is 7.69. The third kappa shape index (κ3) is 4.52. The monoisotopic (exact) mass is 384 g/mol. The van der Waals surface area contributed by atoms with Crippen LogP contribution in [0.4, 0.5) is 5.69 Å². The first kappa shape index (κ1) is 15.4. The fraction of sp³-hybridized carbons (Fsp3) is 0.375. The lowest BCUT2D eigenvalue weighted by atomic mass is 10.2. The number of hydrogen-bond acceptors (Lipinski definition) is 3. The summed E-state index contributed by atoms with van der Waals surface area (Å²) < 4.78 is 6.48. The Balaban J connectivity index is 1.95. The topological polar surface area (TPSA) is 28.4 Å². The highest BCUT2D eigenvalue weighted by Crippen LogP contribution is 2.15. The number of furan rings is 1. The smallest absolute Gasteiger partial charge is 0.164 e. The van der Waals surface area contributed by atoms with Crippen LogP contribution >= 0.6 is 22.6 Å². The SMILES string of the molecule is CCN(CC)Cc1cccc(NCc2ccc(I)o2)c1. The van der Waals surface area contributed by atoms with Gasteiger partial charge in [0.25, 0.3) is 0 Å². The number of nitrogens with zero attached hydrogens (tertiary/aromatic N) is 1. The molecular formula is C16H21IN2O. The van der Waals surface area contributed by atoms with E-state index in [0.717, 1.165) is 41.4 Å². The molecule has 0 amide bonds. The summed E-state index contributed by atoms with van der Waals surface area (Å²) >= 11 is 2.18. The fourth-order valence-electron chi connectivity index (χ4n) is 2.12. The second-order valence-electron chi connectivity index (χ2n) is 4.72. The first-order valence-corrected chi connectivity index (χ1v) is 8.08. The zero-order valence-electron chi connectivity index (χ0n) is 12.0. The van der Waals surface area contributed by atoms with E-state index in [2.05, 4.69) is 70.9 Å². The fourth-order valence-corrected chi connectivity index (χ4v) is 2.58. The highest BCUT2D eigenvalue weighted by molar-refractivity contribution is 14.1. The van der Waals surface area contributed by atoms with Crippen molar-refractivity contribution in [3.8, 4) is 0 Å². The van der Waals surface area contributed by atoms with Gasteiger partial charge in [0.1, 0.15) is 5.76 Å². The predicted molar refractivity (Wildman–Crippen MR) is 91.8 cm³/mol. The summed E-state index contributed by atoms with van der Waals surface area (Å²) in [5.41, 5.74) is 2.48. The predicted octanol–water partition coefficient (Wildman–Crippen LogP) is 4.34. The van der Waals surface area contributed by atoms with Crippen LogP contribution in [0.5, 0.6) is 0 Å². The van der Waals surface area contributed by atoms with Gasteiger partial charge in [0.05, 0.1) is 6.54 Å². The van der Waals surface area contributed by atoms with Crippen LogP contribution in [-0.2, 0) is 13.1 Å². The van der Waals surface area contributed by atoms with Crippen molar-refractivity contribution in [2.24, 2.45) is 0 Å². The average molecular weight is 384 g/mol. The van der Waals surface area contributed by atoms with Gasteiger partial charge in [-0.3, -0.25) is 4.90 Å². The molecule has 1 aromatic carbocycles. The summed E-state index contributed by atoms with van der Waals surface area (Å²) in [5.74, 6) is 0.962. The number of rotatable bonds is 7. The van der Waals surface area contributed by atoms with Gasteiger partial charge in [-0.25, -0.2) is 0 Å². The summed E-state index contributed by atoms with van der Waals surface area (Å²) in [4.78, 5) is 2.41. The van der Waals surface area contributed by atoms with Crippen molar-refractivity contribution in [1.82, 2.24) is 4.90 Å². The molecule has 108 valence electrons. The number of benzene rings is 1. The Hall–Kier alpha value is -1.01. The van der Waals surface area contributed by atoms with E-state index in [1.807, 2.05) is 12.1 Å². The summed E-state index contributed by atoms with van der Waals surface area (Å²) in [5, 5.41) is 3.41. The van der Waals surface area contributed by atoms with Crippen LogP contribution in [0.15, 0.2) is 40.8 Å². The van der Waals surface area contributed by atoms with E-state index >= 15 is 0 Å². The van der Waals surface area contributed by atoms with Crippen LogP contribution < -0.4 is 5.32 Å². The number of anilines is 1. The maximum atomic E-state index is 5.55. The van der Waals surface area contributed by atoms with Gasteiger partial charge in [-0.1, -0.05) is 26.0 Å². The van der Waals surface area contributed by atoms with Gasteiger partial charge in [-0.15, -0.1) is 0 Å². The molecule has 0 saturated heterocycles. The van der Waals surface area contributed by atoms with Gasteiger partial charge in [-0.2, -0.15) is 0 Å². The molecule has 0 fully saturated rings. The van der Waals surface area contributed by atoms with E-state index in [4.69, 9.17) is 4.42 Å². The Morgan fingerprint density at radius 3 is 2.60 bits per heavy atom. The molecule has 0 radical (unpaired) electrons. The molecule has 0 aliphatic heterocycles. The van der Waals surface area contributed by atoms with Gasteiger partial charge in [0.2, 0.25) is 0 Å². The molecule has 1 N–H and O–H groups in total. The largest absolute Gasteiger partial charge is 0.454 e. The van der Waals surface area contributed by atoms with Crippen LogP contribution in [-0.4, -0.2) is 18.0 Å². The zero-order chi connectivity index (χ0) is 14.4. The van der Waals surface area contributed by atoms with Crippen molar-refractivity contribution in [2.45, 2.75) is 26.9 Å². The van der Waals surface area contributed by atoms with Crippen molar-refractivity contribution in [3.05, 3.63) is 51.5 Å². The second-order valence-corrected chi connectivity index (χ2v) is 5.78. The van der Waals surface area contributed by atoms with Crippen molar-refractivity contribution in [3.63, 3.8) is 0 Å². The molecule has 0 aliphatic rings. The van der Waals surface area contributed by atoms with E-state index in [-0.39, 0.29) is 0 Å². The highest BCUT2D eigenvalue weighted by Gasteiger charge is 2.03. The zero-order valence-corrected chi connectivity index (χ0v) is 14.2. The third-order valence-corrected chi connectivity index (χ3v) is 3.90. The van der Waals surface area contributed by atoms with E-state index in [1.54, 1.807) is 0 Å². The van der Waals surface area contributed by atoms with Crippen LogP contribution in [0.3, 0.4) is 0 Å². The van der Waals surface area contributed by atoms with Crippen molar-refractivity contribution >= 4 is 28.3 Å². The van der Waals surface area contributed by atoms with Gasteiger partial charge in [-0.05, 0) is 65.5 Å². The van der Waals surface area contributed by atoms with Gasteiger partial charge in [0, 0.05) is 12.2 Å². The first-order chi connectivity index (χ1) is 9.71. The average Bonchev–Trinajstić information content (AvgIpc) is 2.89. The molecule has 0 unspecified atom stereocenters. The first-order valence-electron chi connectivity index (χ1n) is 7.00. The minimum Gasteiger partial charge on any atom is -0.454 e. The highest BCUT2D eigenvalue weighted by atomic mass is 127. The lowest BCUT2D eigenvalue weighted by Gasteiger charge is -2.18. The number of nitrogens with one attached hydrogen (secondary N) is 1. The lowest BCUT2D eigenvalue weighted by molar-refractivity contribution is 0.296. The molecule has 3 nitrogen and oxygen atoms in total. The van der Waals surface area contributed by atoms with Crippen LogP contribution in [0.2, 0.25) is 0 Å². The van der Waals surface area contributed by atoms with Crippen LogP contribution in [0.1, 0.15) is 25.2 Å². The van der Waals surface area contributed by atoms with Crippen molar-refractivity contribution in [1.29, 1.82) is 0 Å². The Morgan fingerprint density at radius 2 is 1.95 bits per heavy atom. The molecule has 0 bridgehead atoms. The molecule has 0 aliphatic carbocycles. The van der Waals surface area contributed by atoms with Crippen molar-refractivity contribution in [2.75, 3.05) is 18.4 Å². The quantitative estimate of drug-likeness (QED) is 0.720. The summed E-state index contributed by atoms with van der Waals surface area (Å²) in [6.07, 6.45) is 0. The Bertz CT molecular complexity index is 535. The van der Waals surface area contributed by atoms with E-state index in [0.29, 0.717) is 0 Å². The third-order valence-electron chi connectivity index (χ3n) is 3.32. The number of halogens is 1. The Labute approximate surface area is 134 Å². The minimum atomic E-state index is 0.720. The van der Waals surface area contributed by atoms with Gasteiger partial charge < -0.3 is 9.73 Å². The summed E-state index contributed by atoms with van der Waals surface area (Å²) in [6.45, 7) is 8.28. The maximum absolute atomic E-state index is 5.55. The van der Waals surface area contributed by atoms with Crippen LogP contribution in [0.25, 0.3) is 0 Å². The Morgan fingerprint density at radius 1 is 1.15 bits per heavy atom. The standard InChI is InChI=1S/C16H21IN2O/c1-3-19(4-2)12-13-6-5-7-14(10-13)18-11-15-8-9-16(17)20-15/h5-10,18H,3-4,11-12H2,1-2H3. The maximum Gasteiger partial charge on any atom is 0.164 e. The summed E-state index contributed by atoms with van der Waals surface area (Å²) in [6, 6.07) is 12.6. The molecule has 1 heterocycles. The molecule has 0 atom stereocenters. The molecule has 0 spiro atoms. The molecule has 0 saturated carbocycles. The molecule has 20 heavy (non-hydrogen) atoms. The van der Waals surface area contributed by atoms with E-state index < -0.39 is 0 Å². The van der Waals surface area contributed by atoms with Crippen molar-refractivity contribution < 1.29 is 4.42 Å². The van der Waals surface area contributed by atoms with E-state index in [9.17, 15) is 0 Å². The normalized spacial score (nSPS) is 11.0. The molecule has 2 rings (SSSR count). The number of hydrogen-bond donors (Lipinski definition) is 1. The van der Waals surface area contributed by atoms with E-state index in [1.165, 1.54) is 5.56 Å². The summed E-state index contributed by atoms with van der Waals surface area (Å²) in [7, 11) is 0. The molecule has 4 heteroatoms. The van der Waals surface area contributed by atoms with Crippen LogP contribution in [0, 0.1) is 3.77 Å².